The minimum absolute atomic E-state index is 0.00423. The first-order valence-electron chi connectivity index (χ1n) is 9.04. The molecule has 1 saturated heterocycles. The first-order valence-corrected chi connectivity index (χ1v) is 9.04. The number of nitrogens with one attached hydrogen (secondary N) is 1. The first kappa shape index (κ1) is 15.8. The van der Waals surface area contributed by atoms with Gasteiger partial charge in [0.25, 0.3) is 0 Å². The summed E-state index contributed by atoms with van der Waals surface area (Å²) in [5.74, 6) is 1.57. The van der Waals surface area contributed by atoms with Gasteiger partial charge in [-0.25, -0.2) is 0 Å². The zero-order valence-corrected chi connectivity index (χ0v) is 14.2. The fourth-order valence-corrected chi connectivity index (χ4v) is 4.14. The molecule has 122 valence electrons. The van der Waals surface area contributed by atoms with E-state index in [1.807, 2.05) is 0 Å². The quantitative estimate of drug-likeness (QED) is 0.790. The zero-order valence-electron chi connectivity index (χ0n) is 14.2. The van der Waals surface area contributed by atoms with Gasteiger partial charge < -0.3 is 15.3 Å². The Labute approximate surface area is 130 Å². The lowest BCUT2D eigenvalue weighted by Crippen LogP contribution is -2.59. The third-order valence-corrected chi connectivity index (χ3v) is 6.03. The highest BCUT2D eigenvalue weighted by atomic mass is 16.3. The lowest BCUT2D eigenvalue weighted by molar-refractivity contribution is 0.0534. The largest absolute Gasteiger partial charge is 0.394 e. The van der Waals surface area contributed by atoms with Crippen LogP contribution in [0.25, 0.3) is 0 Å². The fourth-order valence-electron chi connectivity index (χ4n) is 4.14. The van der Waals surface area contributed by atoms with Gasteiger partial charge in [-0.05, 0) is 68.9 Å². The molecule has 2 aliphatic carbocycles. The topological polar surface area (TPSA) is 35.5 Å². The van der Waals surface area contributed by atoms with Gasteiger partial charge in [-0.3, -0.25) is 0 Å². The van der Waals surface area contributed by atoms with E-state index in [1.165, 1.54) is 51.6 Å². The number of hydrogen-bond acceptors (Lipinski definition) is 3. The van der Waals surface area contributed by atoms with Crippen LogP contribution in [0.2, 0.25) is 0 Å². The van der Waals surface area contributed by atoms with Crippen LogP contribution in [-0.2, 0) is 0 Å². The number of hydrogen-bond donors (Lipinski definition) is 2. The van der Waals surface area contributed by atoms with Crippen LogP contribution in [0.1, 0.15) is 59.3 Å². The van der Waals surface area contributed by atoms with Gasteiger partial charge in [0, 0.05) is 12.6 Å². The van der Waals surface area contributed by atoms with Crippen molar-refractivity contribution in [3.63, 3.8) is 0 Å². The monoisotopic (exact) mass is 294 g/mol. The summed E-state index contributed by atoms with van der Waals surface area (Å²) in [4.78, 5) is 2.62. The molecule has 0 aromatic rings. The van der Waals surface area contributed by atoms with Gasteiger partial charge in [0.1, 0.15) is 0 Å². The Hall–Kier alpha value is -0.120. The maximum atomic E-state index is 10.1. The Morgan fingerprint density at radius 2 is 1.57 bits per heavy atom. The van der Waals surface area contributed by atoms with E-state index in [1.54, 1.807) is 0 Å². The van der Waals surface area contributed by atoms with Crippen molar-refractivity contribution in [3.05, 3.63) is 0 Å². The normalized spacial score (nSPS) is 28.6. The van der Waals surface area contributed by atoms with Crippen LogP contribution >= 0.6 is 0 Å². The molecular formula is C18H34N2O. The van der Waals surface area contributed by atoms with Crippen LogP contribution in [0.15, 0.2) is 0 Å². The van der Waals surface area contributed by atoms with E-state index < -0.39 is 0 Å². The molecule has 3 fully saturated rings. The van der Waals surface area contributed by atoms with E-state index in [4.69, 9.17) is 0 Å². The number of aliphatic hydroxyl groups excluding tert-OH is 1. The molecule has 1 atom stereocenters. The van der Waals surface area contributed by atoms with Crippen molar-refractivity contribution >= 4 is 0 Å². The molecule has 3 heteroatoms. The van der Waals surface area contributed by atoms with Crippen LogP contribution in [0.5, 0.6) is 0 Å². The minimum Gasteiger partial charge on any atom is -0.394 e. The molecule has 2 N–H and O–H groups in total. The Balaban J connectivity index is 1.56. The Kier molecular flexibility index (Phi) is 4.37. The molecule has 0 aromatic heterocycles. The highest BCUT2D eigenvalue weighted by molar-refractivity contribution is 5.06. The molecule has 2 saturated carbocycles. The van der Waals surface area contributed by atoms with Gasteiger partial charge in [0.05, 0.1) is 12.1 Å². The number of aliphatic hydroxyl groups is 1. The molecule has 3 rings (SSSR count). The van der Waals surface area contributed by atoms with Crippen molar-refractivity contribution in [2.24, 2.45) is 17.3 Å². The predicted octanol–water partition coefficient (Wildman–Crippen LogP) is 2.64. The van der Waals surface area contributed by atoms with Gasteiger partial charge in [-0.1, -0.05) is 20.8 Å². The zero-order chi connectivity index (χ0) is 15.1. The van der Waals surface area contributed by atoms with Crippen molar-refractivity contribution in [1.82, 2.24) is 10.2 Å². The van der Waals surface area contributed by atoms with E-state index in [9.17, 15) is 5.11 Å². The third kappa shape index (κ3) is 3.80. The second-order valence-electron chi connectivity index (χ2n) is 8.92. The number of nitrogens with zero attached hydrogens (tertiary/aromatic N) is 1. The van der Waals surface area contributed by atoms with Crippen molar-refractivity contribution in [2.45, 2.75) is 70.9 Å². The molecule has 0 spiro atoms. The summed E-state index contributed by atoms with van der Waals surface area (Å²) in [5, 5.41) is 13.9. The average Bonchev–Trinajstić information content (AvgIpc) is 3.30. The fraction of sp³-hybridized carbons (Fsp3) is 1.00. The molecule has 1 heterocycles. The summed E-state index contributed by atoms with van der Waals surface area (Å²) >= 11 is 0. The van der Waals surface area contributed by atoms with Gasteiger partial charge >= 0.3 is 0 Å². The van der Waals surface area contributed by atoms with E-state index in [0.717, 1.165) is 12.5 Å². The lowest BCUT2D eigenvalue weighted by Gasteiger charge is -2.43. The lowest BCUT2D eigenvalue weighted by atomic mass is 9.75. The average molecular weight is 294 g/mol. The number of likely N-dealkylation sites (tertiary alicyclic amines) is 1. The summed E-state index contributed by atoms with van der Waals surface area (Å²) in [6.07, 6.45) is 7.86. The highest BCUT2D eigenvalue weighted by Gasteiger charge is 2.48. The molecule has 3 nitrogen and oxygen atoms in total. The van der Waals surface area contributed by atoms with Gasteiger partial charge in [0.15, 0.2) is 0 Å². The summed E-state index contributed by atoms with van der Waals surface area (Å²) < 4.78 is 0. The van der Waals surface area contributed by atoms with Crippen molar-refractivity contribution in [1.29, 1.82) is 0 Å². The molecule has 0 bridgehead atoms. The third-order valence-electron chi connectivity index (χ3n) is 6.03. The van der Waals surface area contributed by atoms with E-state index in [-0.39, 0.29) is 5.54 Å². The molecule has 0 amide bonds. The molecule has 0 aromatic carbocycles. The van der Waals surface area contributed by atoms with Crippen molar-refractivity contribution in [3.8, 4) is 0 Å². The van der Waals surface area contributed by atoms with Crippen molar-refractivity contribution in [2.75, 3.05) is 26.2 Å². The molecule has 21 heavy (non-hydrogen) atoms. The maximum Gasteiger partial charge on any atom is 0.0628 e. The Bertz CT molecular complexity index is 349. The standard InChI is InChI=1S/C18H34N2O/c1-17(2,3)14-8-10-20(11-9-14)12-18(13-21,15-4-5-15)19-16-6-7-16/h14-16,19,21H,4-13H2,1-3H3. The number of rotatable bonds is 6. The van der Waals surface area contributed by atoms with Gasteiger partial charge in [0.2, 0.25) is 0 Å². The summed E-state index contributed by atoms with van der Waals surface area (Å²) in [6, 6.07) is 0.685. The van der Waals surface area contributed by atoms with Crippen molar-refractivity contribution < 1.29 is 5.11 Å². The van der Waals surface area contributed by atoms with Crippen LogP contribution in [0, 0.1) is 17.3 Å². The van der Waals surface area contributed by atoms with Gasteiger partial charge in [-0.2, -0.15) is 0 Å². The van der Waals surface area contributed by atoms with Gasteiger partial charge in [-0.15, -0.1) is 0 Å². The molecule has 3 aliphatic rings. The van der Waals surface area contributed by atoms with Crippen LogP contribution in [-0.4, -0.2) is 47.8 Å². The molecule has 1 unspecified atom stereocenters. The van der Waals surface area contributed by atoms with Crippen LogP contribution in [0.4, 0.5) is 0 Å². The maximum absolute atomic E-state index is 10.1. The number of piperidine rings is 1. The van der Waals surface area contributed by atoms with Crippen LogP contribution < -0.4 is 5.32 Å². The summed E-state index contributed by atoms with van der Waals surface area (Å²) in [7, 11) is 0. The Morgan fingerprint density at radius 1 is 0.952 bits per heavy atom. The second kappa shape index (κ2) is 5.82. The second-order valence-corrected chi connectivity index (χ2v) is 8.92. The molecular weight excluding hydrogens is 260 g/mol. The minimum atomic E-state index is -0.00423. The van der Waals surface area contributed by atoms with E-state index >= 15 is 0 Å². The molecule has 0 radical (unpaired) electrons. The first-order chi connectivity index (χ1) is 9.93. The van der Waals surface area contributed by atoms with Crippen LogP contribution in [0.3, 0.4) is 0 Å². The smallest absolute Gasteiger partial charge is 0.0628 e. The SMILES string of the molecule is CC(C)(C)C1CCN(CC(CO)(NC2CC2)C2CC2)CC1. The summed E-state index contributed by atoms with van der Waals surface area (Å²) in [6.45, 7) is 10.9. The highest BCUT2D eigenvalue weighted by Crippen LogP contribution is 2.43. The van der Waals surface area contributed by atoms with E-state index in [0.29, 0.717) is 24.0 Å². The molecule has 1 aliphatic heterocycles. The summed E-state index contributed by atoms with van der Waals surface area (Å²) in [5.41, 5.74) is 0.443. The predicted molar refractivity (Wildman–Crippen MR) is 87.3 cm³/mol. The Morgan fingerprint density at radius 3 is 2.00 bits per heavy atom. The van der Waals surface area contributed by atoms with E-state index in [2.05, 4.69) is 31.0 Å².